The molecule has 3 rings (SSSR count). The molecule has 0 fully saturated rings. The number of hydrogen-bond donors (Lipinski definition) is 1. The first-order valence-corrected chi connectivity index (χ1v) is 6.67. The summed E-state index contributed by atoms with van der Waals surface area (Å²) in [4.78, 5) is 12.0. The Balaban J connectivity index is 2.01. The van der Waals surface area contributed by atoms with E-state index in [1.54, 1.807) is 18.2 Å². The van der Waals surface area contributed by atoms with Gasteiger partial charge in [0.15, 0.2) is 0 Å². The molecule has 3 aromatic rings. The quantitative estimate of drug-likeness (QED) is 0.781. The van der Waals surface area contributed by atoms with E-state index < -0.39 is 11.7 Å². The molecule has 23 heavy (non-hydrogen) atoms. The molecule has 1 aromatic carbocycles. The van der Waals surface area contributed by atoms with Crippen LogP contribution < -0.4 is 5.73 Å². The molecule has 0 saturated carbocycles. The van der Waals surface area contributed by atoms with Gasteiger partial charge in [0.25, 0.3) is 0 Å². The maximum atomic E-state index is 13.1. The maximum Gasteiger partial charge on any atom is 0.417 e. The van der Waals surface area contributed by atoms with Crippen molar-refractivity contribution in [2.75, 3.05) is 5.73 Å². The lowest BCUT2D eigenvalue weighted by Crippen LogP contribution is -2.07. The molecule has 0 aliphatic rings. The third kappa shape index (κ3) is 3.13. The van der Waals surface area contributed by atoms with Crippen LogP contribution in [0.15, 0.2) is 54.9 Å². The van der Waals surface area contributed by atoms with E-state index in [2.05, 4.69) is 15.0 Å². The van der Waals surface area contributed by atoms with Gasteiger partial charge in [-0.2, -0.15) is 13.2 Å². The summed E-state index contributed by atoms with van der Waals surface area (Å²) < 4.78 is 39.2. The molecule has 0 aliphatic carbocycles. The Morgan fingerprint density at radius 1 is 0.870 bits per heavy atom. The molecule has 2 aromatic heterocycles. The molecule has 2 heterocycles. The van der Waals surface area contributed by atoms with Crippen LogP contribution in [0.5, 0.6) is 0 Å². The van der Waals surface area contributed by atoms with Crippen LogP contribution in [0.1, 0.15) is 5.56 Å². The molecule has 7 heteroatoms. The van der Waals surface area contributed by atoms with Gasteiger partial charge in [-0.15, -0.1) is 0 Å². The van der Waals surface area contributed by atoms with Gasteiger partial charge in [-0.05, 0) is 24.3 Å². The number of aromatic nitrogens is 3. The molecule has 2 N–H and O–H groups in total. The van der Waals surface area contributed by atoms with Crippen LogP contribution in [-0.4, -0.2) is 15.0 Å². The van der Waals surface area contributed by atoms with Gasteiger partial charge in [-0.3, -0.25) is 4.98 Å². The highest BCUT2D eigenvalue weighted by atomic mass is 19.4. The van der Waals surface area contributed by atoms with E-state index in [1.165, 1.54) is 30.6 Å². The van der Waals surface area contributed by atoms with Crippen LogP contribution in [0, 0.1) is 0 Å². The number of nitrogens with zero attached hydrogens (tertiary/aromatic N) is 3. The molecule has 0 aliphatic heterocycles. The van der Waals surface area contributed by atoms with Gasteiger partial charge in [0, 0.05) is 23.5 Å². The molecule has 0 unspecified atom stereocenters. The van der Waals surface area contributed by atoms with E-state index in [1.807, 2.05) is 0 Å². The van der Waals surface area contributed by atoms with Crippen molar-refractivity contribution in [3.63, 3.8) is 0 Å². The van der Waals surface area contributed by atoms with Crippen molar-refractivity contribution < 1.29 is 13.2 Å². The Morgan fingerprint density at radius 3 is 2.30 bits per heavy atom. The average molecular weight is 316 g/mol. The number of benzene rings is 1. The molecule has 0 spiro atoms. The van der Waals surface area contributed by atoms with E-state index >= 15 is 0 Å². The molecule has 0 radical (unpaired) electrons. The number of alkyl halides is 3. The number of halogens is 3. The Labute approximate surface area is 129 Å². The number of nitrogen functional groups attached to an aromatic ring is 1. The number of anilines is 1. The highest BCUT2D eigenvalue weighted by molar-refractivity contribution is 5.67. The van der Waals surface area contributed by atoms with Crippen molar-refractivity contribution in [2.24, 2.45) is 0 Å². The molecule has 0 bridgehead atoms. The van der Waals surface area contributed by atoms with Gasteiger partial charge < -0.3 is 5.73 Å². The lowest BCUT2D eigenvalue weighted by Gasteiger charge is -2.12. The second-order valence-electron chi connectivity index (χ2n) is 4.78. The number of hydrogen-bond acceptors (Lipinski definition) is 4. The summed E-state index contributed by atoms with van der Waals surface area (Å²) >= 11 is 0. The van der Waals surface area contributed by atoms with Crippen LogP contribution >= 0.6 is 0 Å². The number of pyridine rings is 1. The van der Waals surface area contributed by atoms with E-state index in [9.17, 15) is 13.2 Å². The Morgan fingerprint density at radius 2 is 1.65 bits per heavy atom. The normalized spacial score (nSPS) is 11.4. The third-order valence-corrected chi connectivity index (χ3v) is 3.24. The summed E-state index contributed by atoms with van der Waals surface area (Å²) in [5, 5.41) is 0. The second kappa shape index (κ2) is 5.68. The largest absolute Gasteiger partial charge is 0.417 e. The van der Waals surface area contributed by atoms with Crippen LogP contribution in [0.4, 0.5) is 19.1 Å². The van der Waals surface area contributed by atoms with Crippen LogP contribution in [0.2, 0.25) is 0 Å². The first-order valence-electron chi connectivity index (χ1n) is 6.67. The fourth-order valence-corrected chi connectivity index (χ4v) is 2.19. The Kier molecular flexibility index (Phi) is 3.69. The molecule has 0 atom stereocenters. The molecule has 116 valence electrons. The topological polar surface area (TPSA) is 64.7 Å². The fourth-order valence-electron chi connectivity index (χ4n) is 2.19. The van der Waals surface area contributed by atoms with Gasteiger partial charge in [-0.25, -0.2) is 9.97 Å². The first-order chi connectivity index (χ1) is 10.9. The van der Waals surface area contributed by atoms with Gasteiger partial charge >= 0.3 is 6.18 Å². The zero-order valence-corrected chi connectivity index (χ0v) is 11.7. The van der Waals surface area contributed by atoms with E-state index in [-0.39, 0.29) is 17.2 Å². The zero-order valence-electron chi connectivity index (χ0n) is 11.7. The second-order valence-corrected chi connectivity index (χ2v) is 4.78. The van der Waals surface area contributed by atoms with E-state index in [0.717, 1.165) is 6.07 Å². The number of rotatable bonds is 2. The van der Waals surface area contributed by atoms with Crippen molar-refractivity contribution in [3.05, 3.63) is 60.4 Å². The highest BCUT2D eigenvalue weighted by Gasteiger charge is 2.33. The standard InChI is InChI=1S/C16H11F3N4/c17-16(18,19)12-4-2-1-3-11(12)14-6-5-10(9-22-14)13-7-8-21-15(20)23-13/h1-9H,(H2,20,21,23). The predicted molar refractivity (Wildman–Crippen MR) is 80.1 cm³/mol. The monoisotopic (exact) mass is 316 g/mol. The molecular formula is C16H11F3N4. The Bertz CT molecular complexity index is 829. The highest BCUT2D eigenvalue weighted by Crippen LogP contribution is 2.36. The van der Waals surface area contributed by atoms with E-state index in [4.69, 9.17) is 5.73 Å². The fraction of sp³-hybridized carbons (Fsp3) is 0.0625. The summed E-state index contributed by atoms with van der Waals surface area (Å²) in [5.41, 5.74) is 6.28. The van der Waals surface area contributed by atoms with Gasteiger partial charge in [-0.1, -0.05) is 18.2 Å². The molecule has 0 amide bonds. The third-order valence-electron chi connectivity index (χ3n) is 3.24. The van der Waals surface area contributed by atoms with E-state index in [0.29, 0.717) is 11.3 Å². The van der Waals surface area contributed by atoms with Crippen molar-refractivity contribution >= 4 is 5.95 Å². The van der Waals surface area contributed by atoms with Gasteiger partial charge in [0.1, 0.15) is 0 Å². The minimum absolute atomic E-state index is 0.0359. The molecular weight excluding hydrogens is 305 g/mol. The van der Waals surface area contributed by atoms with Crippen molar-refractivity contribution in [1.29, 1.82) is 0 Å². The van der Waals surface area contributed by atoms with Gasteiger partial charge in [0.2, 0.25) is 5.95 Å². The molecule has 0 saturated heterocycles. The van der Waals surface area contributed by atoms with Crippen LogP contribution in [-0.2, 0) is 6.18 Å². The van der Waals surface area contributed by atoms with Crippen LogP contribution in [0.3, 0.4) is 0 Å². The van der Waals surface area contributed by atoms with Crippen molar-refractivity contribution in [2.45, 2.75) is 6.18 Å². The number of nitrogens with two attached hydrogens (primary N) is 1. The smallest absolute Gasteiger partial charge is 0.368 e. The lowest BCUT2D eigenvalue weighted by molar-refractivity contribution is -0.137. The SMILES string of the molecule is Nc1nccc(-c2ccc(-c3ccccc3C(F)(F)F)nc2)n1. The van der Waals surface area contributed by atoms with Gasteiger partial charge in [0.05, 0.1) is 17.0 Å². The van der Waals surface area contributed by atoms with Crippen LogP contribution in [0.25, 0.3) is 22.5 Å². The Hall–Kier alpha value is -2.96. The minimum atomic E-state index is -4.43. The zero-order chi connectivity index (χ0) is 16.4. The summed E-state index contributed by atoms with van der Waals surface area (Å²) in [6.07, 6.45) is -1.47. The predicted octanol–water partition coefficient (Wildman–Crippen LogP) is 3.81. The molecule has 4 nitrogen and oxygen atoms in total. The van der Waals surface area contributed by atoms with Crippen molar-refractivity contribution in [3.8, 4) is 22.5 Å². The summed E-state index contributed by atoms with van der Waals surface area (Å²) in [7, 11) is 0. The maximum absolute atomic E-state index is 13.1. The summed E-state index contributed by atoms with van der Waals surface area (Å²) in [5.74, 6) is 0.119. The summed E-state index contributed by atoms with van der Waals surface area (Å²) in [6.45, 7) is 0. The lowest BCUT2D eigenvalue weighted by atomic mass is 10.0. The average Bonchev–Trinajstić information content (AvgIpc) is 2.54. The summed E-state index contributed by atoms with van der Waals surface area (Å²) in [6, 6.07) is 10.2. The first kappa shape index (κ1) is 15.0. The van der Waals surface area contributed by atoms with Crippen molar-refractivity contribution in [1.82, 2.24) is 15.0 Å². The minimum Gasteiger partial charge on any atom is -0.368 e.